The maximum absolute atomic E-state index is 13.6. The Morgan fingerprint density at radius 1 is 1.17 bits per heavy atom. The maximum Gasteiger partial charge on any atom is 0.262 e. The fraction of sp³-hybridized carbons (Fsp3) is 0.0952. The number of aryl methyl sites for hydroxylation is 1. The van der Waals surface area contributed by atoms with E-state index < -0.39 is 24.1 Å². The van der Waals surface area contributed by atoms with Crippen LogP contribution in [-0.4, -0.2) is 22.5 Å². The highest BCUT2D eigenvalue weighted by atomic mass is 32.1. The van der Waals surface area contributed by atoms with Crippen LogP contribution in [0.15, 0.2) is 54.7 Å². The summed E-state index contributed by atoms with van der Waals surface area (Å²) in [6, 6.07) is 12.2. The minimum atomic E-state index is -0.858. The van der Waals surface area contributed by atoms with Crippen molar-refractivity contribution in [3.8, 4) is 16.3 Å². The van der Waals surface area contributed by atoms with Gasteiger partial charge in [0, 0.05) is 23.5 Å². The number of halogens is 2. The zero-order valence-corrected chi connectivity index (χ0v) is 16.1. The Hall–Kier alpha value is -3.39. The molecular formula is C21H15F2N3O2S. The predicted molar refractivity (Wildman–Crippen MR) is 108 cm³/mol. The van der Waals surface area contributed by atoms with Gasteiger partial charge in [-0.25, -0.2) is 18.7 Å². The number of hydrogen-bond donors (Lipinski definition) is 1. The Bertz CT molecular complexity index is 1180. The van der Waals surface area contributed by atoms with E-state index in [2.05, 4.69) is 15.3 Å². The molecule has 2 aromatic heterocycles. The number of carbonyl (C=O) groups is 1. The monoisotopic (exact) mass is 411 g/mol. The van der Waals surface area contributed by atoms with E-state index in [-0.39, 0.29) is 5.75 Å². The molecule has 0 atom stereocenters. The van der Waals surface area contributed by atoms with Crippen molar-refractivity contribution in [1.82, 2.24) is 9.97 Å². The van der Waals surface area contributed by atoms with Gasteiger partial charge in [0.1, 0.15) is 21.2 Å². The SMILES string of the molecule is Cc1cc(-c2nc3cccnc3s2)ccc1NC(=O)COc1ccc(F)cc1F. The fourth-order valence-corrected chi connectivity index (χ4v) is 3.66. The second-order valence-corrected chi connectivity index (χ2v) is 7.27. The highest BCUT2D eigenvalue weighted by Crippen LogP contribution is 2.31. The van der Waals surface area contributed by atoms with Crippen molar-refractivity contribution in [1.29, 1.82) is 0 Å². The maximum atomic E-state index is 13.6. The number of benzene rings is 2. The van der Waals surface area contributed by atoms with Crippen molar-refractivity contribution >= 4 is 33.3 Å². The molecule has 29 heavy (non-hydrogen) atoms. The first kappa shape index (κ1) is 18.9. The summed E-state index contributed by atoms with van der Waals surface area (Å²) in [5.41, 5.74) is 3.22. The molecule has 1 N–H and O–H groups in total. The first-order valence-corrected chi connectivity index (χ1v) is 9.51. The third kappa shape index (κ3) is 4.22. The molecule has 0 saturated carbocycles. The van der Waals surface area contributed by atoms with Gasteiger partial charge in [-0.1, -0.05) is 11.3 Å². The van der Waals surface area contributed by atoms with E-state index >= 15 is 0 Å². The van der Waals surface area contributed by atoms with E-state index in [1.807, 2.05) is 31.2 Å². The van der Waals surface area contributed by atoms with Gasteiger partial charge in [-0.15, -0.1) is 0 Å². The highest BCUT2D eigenvalue weighted by molar-refractivity contribution is 7.21. The number of rotatable bonds is 5. The van der Waals surface area contributed by atoms with Gasteiger partial charge in [0.25, 0.3) is 5.91 Å². The summed E-state index contributed by atoms with van der Waals surface area (Å²) in [6.45, 7) is 1.47. The number of fused-ring (bicyclic) bond motifs is 1. The summed E-state index contributed by atoms with van der Waals surface area (Å²) < 4.78 is 31.6. The average molecular weight is 411 g/mol. The molecule has 8 heteroatoms. The molecule has 0 aliphatic heterocycles. The molecule has 0 bridgehead atoms. The molecule has 2 aromatic carbocycles. The van der Waals surface area contributed by atoms with E-state index in [9.17, 15) is 13.6 Å². The summed E-state index contributed by atoms with van der Waals surface area (Å²) in [7, 11) is 0. The smallest absolute Gasteiger partial charge is 0.262 e. The van der Waals surface area contributed by atoms with Crippen molar-refractivity contribution in [3.05, 3.63) is 71.9 Å². The lowest BCUT2D eigenvalue weighted by Crippen LogP contribution is -2.21. The van der Waals surface area contributed by atoms with Crippen LogP contribution >= 0.6 is 11.3 Å². The van der Waals surface area contributed by atoms with Crippen LogP contribution in [-0.2, 0) is 4.79 Å². The molecular weight excluding hydrogens is 396 g/mol. The summed E-state index contributed by atoms with van der Waals surface area (Å²) >= 11 is 1.50. The number of amides is 1. The number of pyridine rings is 1. The van der Waals surface area contributed by atoms with Gasteiger partial charge in [0.05, 0.1) is 0 Å². The number of aromatic nitrogens is 2. The second-order valence-electron chi connectivity index (χ2n) is 6.29. The number of nitrogens with zero attached hydrogens (tertiary/aromatic N) is 2. The Labute approximate surface area is 169 Å². The minimum absolute atomic E-state index is 0.182. The highest BCUT2D eigenvalue weighted by Gasteiger charge is 2.12. The number of anilines is 1. The molecule has 2 heterocycles. The van der Waals surface area contributed by atoms with Gasteiger partial charge < -0.3 is 10.1 Å². The van der Waals surface area contributed by atoms with Crippen LogP contribution in [0.4, 0.5) is 14.5 Å². The van der Waals surface area contributed by atoms with Crippen LogP contribution in [0, 0.1) is 18.6 Å². The first-order chi connectivity index (χ1) is 14.0. The molecule has 0 aliphatic rings. The topological polar surface area (TPSA) is 64.1 Å². The van der Waals surface area contributed by atoms with E-state index in [1.165, 1.54) is 11.3 Å². The van der Waals surface area contributed by atoms with E-state index in [0.29, 0.717) is 11.8 Å². The van der Waals surface area contributed by atoms with Crippen molar-refractivity contribution in [2.24, 2.45) is 0 Å². The molecule has 5 nitrogen and oxygen atoms in total. The van der Waals surface area contributed by atoms with Crippen molar-refractivity contribution in [2.45, 2.75) is 6.92 Å². The molecule has 4 rings (SSSR count). The second kappa shape index (κ2) is 7.92. The number of thiazole rings is 1. The van der Waals surface area contributed by atoms with E-state index in [0.717, 1.165) is 38.6 Å². The Morgan fingerprint density at radius 3 is 2.79 bits per heavy atom. The number of carbonyl (C=O) groups excluding carboxylic acids is 1. The van der Waals surface area contributed by atoms with Crippen LogP contribution in [0.2, 0.25) is 0 Å². The van der Waals surface area contributed by atoms with Gasteiger partial charge in [-0.2, -0.15) is 0 Å². The predicted octanol–water partition coefficient (Wildman–Crippen LogP) is 4.96. The Morgan fingerprint density at radius 2 is 2.03 bits per heavy atom. The van der Waals surface area contributed by atoms with Crippen LogP contribution in [0.5, 0.6) is 5.75 Å². The summed E-state index contributed by atoms with van der Waals surface area (Å²) in [5, 5.41) is 3.57. The molecule has 1 amide bonds. The van der Waals surface area contributed by atoms with Gasteiger partial charge in [-0.05, 0) is 55.0 Å². The molecule has 0 radical (unpaired) electrons. The van der Waals surface area contributed by atoms with E-state index in [4.69, 9.17) is 4.74 Å². The van der Waals surface area contributed by atoms with Gasteiger partial charge in [-0.3, -0.25) is 4.79 Å². The van der Waals surface area contributed by atoms with Crippen molar-refractivity contribution in [2.75, 3.05) is 11.9 Å². The summed E-state index contributed by atoms with van der Waals surface area (Å²) in [4.78, 5) is 21.9. The number of hydrogen-bond acceptors (Lipinski definition) is 5. The third-order valence-electron chi connectivity index (χ3n) is 4.17. The lowest BCUT2D eigenvalue weighted by Gasteiger charge is -2.11. The fourth-order valence-electron chi connectivity index (χ4n) is 2.75. The standard InChI is InChI=1S/C21H15F2N3O2S/c1-12-9-13(20-26-17-3-2-8-24-21(17)29-20)4-6-16(12)25-19(27)11-28-18-7-5-14(22)10-15(18)23/h2-10H,11H2,1H3,(H,25,27). The zero-order chi connectivity index (χ0) is 20.4. The first-order valence-electron chi connectivity index (χ1n) is 8.70. The average Bonchev–Trinajstić information content (AvgIpc) is 3.13. The van der Waals surface area contributed by atoms with Crippen molar-refractivity contribution in [3.63, 3.8) is 0 Å². The van der Waals surface area contributed by atoms with Gasteiger partial charge >= 0.3 is 0 Å². The molecule has 0 unspecified atom stereocenters. The van der Waals surface area contributed by atoms with Crippen LogP contribution < -0.4 is 10.1 Å². The molecule has 0 aliphatic carbocycles. The largest absolute Gasteiger partial charge is 0.481 e. The summed E-state index contributed by atoms with van der Waals surface area (Å²) in [5.74, 6) is -2.20. The van der Waals surface area contributed by atoms with Gasteiger partial charge in [0.15, 0.2) is 18.2 Å². The lowest BCUT2D eigenvalue weighted by atomic mass is 10.1. The van der Waals surface area contributed by atoms with Crippen LogP contribution in [0.1, 0.15) is 5.56 Å². The molecule has 4 aromatic rings. The normalized spacial score (nSPS) is 10.9. The Balaban J connectivity index is 1.44. The van der Waals surface area contributed by atoms with E-state index in [1.54, 1.807) is 12.3 Å². The van der Waals surface area contributed by atoms with Gasteiger partial charge in [0.2, 0.25) is 0 Å². The quantitative estimate of drug-likeness (QED) is 0.504. The lowest BCUT2D eigenvalue weighted by molar-refractivity contribution is -0.118. The molecule has 0 saturated heterocycles. The summed E-state index contributed by atoms with van der Waals surface area (Å²) in [6.07, 6.45) is 1.73. The van der Waals surface area contributed by atoms with Crippen LogP contribution in [0.25, 0.3) is 20.9 Å². The third-order valence-corrected chi connectivity index (χ3v) is 5.19. The molecule has 0 spiro atoms. The van der Waals surface area contributed by atoms with Crippen LogP contribution in [0.3, 0.4) is 0 Å². The number of nitrogens with one attached hydrogen (secondary N) is 1. The number of ether oxygens (including phenoxy) is 1. The Kier molecular flexibility index (Phi) is 5.18. The minimum Gasteiger partial charge on any atom is -0.481 e. The molecule has 146 valence electrons. The molecule has 0 fully saturated rings. The van der Waals surface area contributed by atoms with Crippen molar-refractivity contribution < 1.29 is 18.3 Å². The zero-order valence-electron chi connectivity index (χ0n) is 15.3.